The highest BCUT2D eigenvalue weighted by Gasteiger charge is 2.09. The van der Waals surface area contributed by atoms with Gasteiger partial charge in [-0.25, -0.2) is 4.79 Å². The Morgan fingerprint density at radius 1 is 1.16 bits per heavy atom. The van der Waals surface area contributed by atoms with Gasteiger partial charge in [-0.1, -0.05) is 22.0 Å². The molecule has 0 atom stereocenters. The molecule has 0 aliphatic carbocycles. The van der Waals surface area contributed by atoms with Crippen molar-refractivity contribution in [2.75, 3.05) is 0 Å². The molecular weight excluding hydrogens is 308 g/mol. The van der Waals surface area contributed by atoms with E-state index >= 15 is 0 Å². The fourth-order valence-corrected chi connectivity index (χ4v) is 2.75. The number of pyridine rings is 1. The summed E-state index contributed by atoms with van der Waals surface area (Å²) in [6.07, 6.45) is 3.56. The fourth-order valence-electron chi connectivity index (χ4n) is 2.15. The van der Waals surface area contributed by atoms with Gasteiger partial charge in [-0.15, -0.1) is 0 Å². The Balaban J connectivity index is 2.37. The lowest BCUT2D eigenvalue weighted by molar-refractivity contribution is 0.0503. The third-order valence-electron chi connectivity index (χ3n) is 3.05. The molecule has 1 heterocycles. The van der Waals surface area contributed by atoms with E-state index in [9.17, 15) is 4.79 Å². The molecule has 3 aromatic rings. The molecule has 0 fully saturated rings. The lowest BCUT2D eigenvalue weighted by atomic mass is 10.0. The predicted octanol–water partition coefficient (Wildman–Crippen LogP) is 3.18. The molecule has 2 aromatic carbocycles. The van der Waals surface area contributed by atoms with E-state index in [-0.39, 0.29) is 0 Å². The molecular formula is C14H9BrN2O2. The summed E-state index contributed by atoms with van der Waals surface area (Å²) < 4.78 is 0.954. The smallest absolute Gasteiger partial charge is 0.356 e. The summed E-state index contributed by atoms with van der Waals surface area (Å²) in [6, 6.07) is 9.23. The SMILES string of the molecule is NOC(=O)c1ccc2c(c1)cc(Br)c1ccncc12. The average Bonchev–Trinajstić information content (AvgIpc) is 2.46. The average molecular weight is 317 g/mol. The minimum Gasteiger partial charge on any atom is -0.370 e. The van der Waals surface area contributed by atoms with E-state index < -0.39 is 5.97 Å². The van der Waals surface area contributed by atoms with E-state index in [0.29, 0.717) is 5.56 Å². The number of rotatable bonds is 1. The van der Waals surface area contributed by atoms with Gasteiger partial charge in [0.1, 0.15) is 0 Å². The maximum atomic E-state index is 11.4. The quantitative estimate of drug-likeness (QED) is 0.553. The van der Waals surface area contributed by atoms with Gasteiger partial charge in [0.15, 0.2) is 0 Å². The molecule has 0 unspecified atom stereocenters. The second-order valence-electron chi connectivity index (χ2n) is 4.12. The van der Waals surface area contributed by atoms with Crippen molar-refractivity contribution in [1.29, 1.82) is 0 Å². The Kier molecular flexibility index (Phi) is 2.93. The Morgan fingerprint density at radius 3 is 2.79 bits per heavy atom. The topological polar surface area (TPSA) is 65.2 Å². The van der Waals surface area contributed by atoms with Crippen LogP contribution in [0.2, 0.25) is 0 Å². The first-order valence-corrected chi connectivity index (χ1v) is 6.37. The van der Waals surface area contributed by atoms with Gasteiger partial charge in [-0.05, 0) is 40.4 Å². The van der Waals surface area contributed by atoms with Crippen LogP contribution in [0.25, 0.3) is 21.5 Å². The maximum Gasteiger partial charge on any atom is 0.356 e. The number of nitrogens with zero attached hydrogens (tertiary/aromatic N) is 1. The first-order chi connectivity index (χ1) is 9.20. The van der Waals surface area contributed by atoms with Crippen molar-refractivity contribution in [2.45, 2.75) is 0 Å². The van der Waals surface area contributed by atoms with E-state index in [1.54, 1.807) is 18.3 Å². The molecule has 1 aromatic heterocycles. The van der Waals surface area contributed by atoms with E-state index in [4.69, 9.17) is 5.90 Å². The number of halogens is 1. The number of hydrogen-bond donors (Lipinski definition) is 1. The zero-order valence-corrected chi connectivity index (χ0v) is 11.3. The summed E-state index contributed by atoms with van der Waals surface area (Å²) in [6.45, 7) is 0. The molecule has 0 saturated heterocycles. The molecule has 5 heteroatoms. The van der Waals surface area contributed by atoms with Crippen LogP contribution in [0.15, 0.2) is 47.2 Å². The van der Waals surface area contributed by atoms with Crippen LogP contribution in [-0.4, -0.2) is 11.0 Å². The van der Waals surface area contributed by atoms with Gasteiger partial charge in [-0.2, -0.15) is 5.90 Å². The van der Waals surface area contributed by atoms with Crippen LogP contribution in [0, 0.1) is 0 Å². The number of fused-ring (bicyclic) bond motifs is 3. The predicted molar refractivity (Wildman–Crippen MR) is 76.6 cm³/mol. The molecule has 19 heavy (non-hydrogen) atoms. The lowest BCUT2D eigenvalue weighted by Gasteiger charge is -2.07. The molecule has 4 nitrogen and oxygen atoms in total. The zero-order chi connectivity index (χ0) is 13.4. The van der Waals surface area contributed by atoms with Crippen LogP contribution in [0.1, 0.15) is 10.4 Å². The van der Waals surface area contributed by atoms with E-state index in [0.717, 1.165) is 26.0 Å². The van der Waals surface area contributed by atoms with Crippen molar-refractivity contribution in [3.05, 3.63) is 52.8 Å². The number of nitrogens with two attached hydrogens (primary N) is 1. The van der Waals surface area contributed by atoms with Gasteiger partial charge in [0, 0.05) is 22.3 Å². The van der Waals surface area contributed by atoms with Gasteiger partial charge in [-0.3, -0.25) is 4.98 Å². The van der Waals surface area contributed by atoms with E-state index in [1.165, 1.54) is 0 Å². The number of aromatic nitrogens is 1. The summed E-state index contributed by atoms with van der Waals surface area (Å²) in [5, 5.41) is 4.06. The molecule has 94 valence electrons. The molecule has 0 saturated carbocycles. The molecule has 0 spiro atoms. The van der Waals surface area contributed by atoms with Gasteiger partial charge in [0.2, 0.25) is 0 Å². The molecule has 2 N–H and O–H groups in total. The third-order valence-corrected chi connectivity index (χ3v) is 3.70. The summed E-state index contributed by atoms with van der Waals surface area (Å²) >= 11 is 3.53. The fraction of sp³-hybridized carbons (Fsp3) is 0. The molecule has 0 aliphatic heterocycles. The second kappa shape index (κ2) is 4.60. The number of benzene rings is 2. The number of carbonyl (C=O) groups is 1. The highest BCUT2D eigenvalue weighted by Crippen LogP contribution is 2.31. The van der Waals surface area contributed by atoms with Crippen LogP contribution in [0.4, 0.5) is 0 Å². The summed E-state index contributed by atoms with van der Waals surface area (Å²) in [5.41, 5.74) is 0.421. The zero-order valence-electron chi connectivity index (χ0n) is 9.76. The molecule has 0 aliphatic rings. The highest BCUT2D eigenvalue weighted by molar-refractivity contribution is 9.10. The molecule has 0 radical (unpaired) electrons. The largest absolute Gasteiger partial charge is 0.370 e. The normalized spacial score (nSPS) is 10.8. The first kappa shape index (κ1) is 12.1. The van der Waals surface area contributed by atoms with Crippen molar-refractivity contribution < 1.29 is 9.63 Å². The van der Waals surface area contributed by atoms with Gasteiger partial charge in [0.05, 0.1) is 5.56 Å². The van der Waals surface area contributed by atoms with Crippen LogP contribution >= 0.6 is 15.9 Å². The minimum atomic E-state index is -0.552. The second-order valence-corrected chi connectivity index (χ2v) is 4.98. The highest BCUT2D eigenvalue weighted by atomic mass is 79.9. The van der Waals surface area contributed by atoms with Crippen molar-refractivity contribution in [3.63, 3.8) is 0 Å². The number of hydrogen-bond acceptors (Lipinski definition) is 4. The Morgan fingerprint density at radius 2 is 2.00 bits per heavy atom. The van der Waals surface area contributed by atoms with Crippen molar-refractivity contribution >= 4 is 43.4 Å². The van der Waals surface area contributed by atoms with Crippen LogP contribution in [0.3, 0.4) is 0 Å². The summed E-state index contributed by atoms with van der Waals surface area (Å²) in [7, 11) is 0. The van der Waals surface area contributed by atoms with E-state index in [1.807, 2.05) is 24.4 Å². The third kappa shape index (κ3) is 1.97. The Hall–Kier alpha value is -1.98. The lowest BCUT2D eigenvalue weighted by Crippen LogP contribution is -2.09. The summed E-state index contributed by atoms with van der Waals surface area (Å²) in [4.78, 5) is 19.8. The number of carbonyl (C=O) groups excluding carboxylic acids is 1. The molecule has 0 amide bonds. The standard InChI is InChI=1S/C14H9BrN2O2/c15-13-6-9-5-8(14(18)19-16)1-2-10(9)12-7-17-4-3-11(12)13/h1-7H,16H2. The van der Waals surface area contributed by atoms with Crippen molar-refractivity contribution in [3.8, 4) is 0 Å². The van der Waals surface area contributed by atoms with Crippen molar-refractivity contribution in [2.24, 2.45) is 5.90 Å². The van der Waals surface area contributed by atoms with Crippen LogP contribution < -0.4 is 5.90 Å². The van der Waals surface area contributed by atoms with E-state index in [2.05, 4.69) is 25.8 Å². The van der Waals surface area contributed by atoms with Crippen LogP contribution in [0.5, 0.6) is 0 Å². The Labute approximate surface area is 117 Å². The maximum absolute atomic E-state index is 11.4. The monoisotopic (exact) mass is 316 g/mol. The summed E-state index contributed by atoms with van der Waals surface area (Å²) in [5.74, 6) is 4.35. The van der Waals surface area contributed by atoms with Crippen LogP contribution in [-0.2, 0) is 4.84 Å². The Bertz CT molecular complexity index is 802. The van der Waals surface area contributed by atoms with Gasteiger partial charge < -0.3 is 4.84 Å². The first-order valence-electron chi connectivity index (χ1n) is 5.58. The van der Waals surface area contributed by atoms with Gasteiger partial charge >= 0.3 is 5.97 Å². The molecule has 3 rings (SSSR count). The van der Waals surface area contributed by atoms with Gasteiger partial charge in [0.25, 0.3) is 0 Å². The minimum absolute atomic E-state index is 0.421. The van der Waals surface area contributed by atoms with Crippen molar-refractivity contribution in [1.82, 2.24) is 4.98 Å². The molecule has 0 bridgehead atoms.